The van der Waals surface area contributed by atoms with Gasteiger partial charge in [0, 0.05) is 25.2 Å². The quantitative estimate of drug-likeness (QED) is 0.627. The zero-order chi connectivity index (χ0) is 19.3. The fourth-order valence-electron chi connectivity index (χ4n) is 3.62. The minimum absolute atomic E-state index is 0.0596. The number of aromatic nitrogens is 1. The lowest BCUT2D eigenvalue weighted by atomic mass is 10.0. The fourth-order valence-corrected chi connectivity index (χ4v) is 3.62. The van der Waals surface area contributed by atoms with Crippen molar-refractivity contribution >= 4 is 22.6 Å². The van der Waals surface area contributed by atoms with Gasteiger partial charge in [0.05, 0.1) is 6.04 Å². The molecule has 2 aromatic carbocycles. The Morgan fingerprint density at radius 3 is 2.89 bits per heavy atom. The van der Waals surface area contributed by atoms with Gasteiger partial charge < -0.3 is 16.0 Å². The van der Waals surface area contributed by atoms with Gasteiger partial charge in [-0.05, 0) is 53.8 Å². The summed E-state index contributed by atoms with van der Waals surface area (Å²) in [5, 5.41) is 11.7. The van der Waals surface area contributed by atoms with Crippen LogP contribution < -0.4 is 16.0 Å². The molecule has 0 bridgehead atoms. The third-order valence-corrected chi connectivity index (χ3v) is 5.24. The highest BCUT2D eigenvalue weighted by molar-refractivity contribution is 5.83. The van der Waals surface area contributed by atoms with Gasteiger partial charge in [0.1, 0.15) is 5.82 Å². The first-order valence-corrected chi connectivity index (χ1v) is 9.95. The van der Waals surface area contributed by atoms with Gasteiger partial charge in [0.25, 0.3) is 0 Å². The molecule has 1 aliphatic rings. The first-order chi connectivity index (χ1) is 13.7. The van der Waals surface area contributed by atoms with Gasteiger partial charge in [0.2, 0.25) is 0 Å². The number of rotatable bonds is 5. The Hall–Kier alpha value is -3.08. The van der Waals surface area contributed by atoms with Gasteiger partial charge in [-0.25, -0.2) is 9.78 Å². The van der Waals surface area contributed by atoms with Crippen molar-refractivity contribution in [2.45, 2.75) is 32.2 Å². The van der Waals surface area contributed by atoms with Crippen molar-refractivity contribution in [2.24, 2.45) is 0 Å². The lowest BCUT2D eigenvalue weighted by molar-refractivity contribution is 0.238. The Bertz CT molecular complexity index is 985. The summed E-state index contributed by atoms with van der Waals surface area (Å²) in [6.45, 7) is 3.54. The molecule has 3 N–H and O–H groups in total. The van der Waals surface area contributed by atoms with E-state index < -0.39 is 0 Å². The number of hydrogen-bond donors (Lipinski definition) is 3. The first-order valence-electron chi connectivity index (χ1n) is 9.95. The molecule has 4 rings (SSSR count). The summed E-state index contributed by atoms with van der Waals surface area (Å²) in [6.07, 6.45) is 2.96. The van der Waals surface area contributed by atoms with E-state index in [-0.39, 0.29) is 12.1 Å². The van der Waals surface area contributed by atoms with Crippen LogP contribution in [0.25, 0.3) is 10.8 Å². The number of nitrogens with one attached hydrogen (secondary N) is 3. The largest absolute Gasteiger partial charge is 0.370 e. The van der Waals surface area contributed by atoms with Gasteiger partial charge in [0.15, 0.2) is 0 Å². The molecule has 0 aliphatic carbocycles. The molecule has 0 radical (unpaired) electrons. The van der Waals surface area contributed by atoms with Crippen LogP contribution in [0.4, 0.5) is 10.6 Å². The average Bonchev–Trinajstić information content (AvgIpc) is 2.73. The molecule has 0 saturated heterocycles. The van der Waals surface area contributed by atoms with Gasteiger partial charge >= 0.3 is 6.03 Å². The van der Waals surface area contributed by atoms with Gasteiger partial charge in [-0.3, -0.25) is 0 Å². The van der Waals surface area contributed by atoms with Crippen molar-refractivity contribution in [3.63, 3.8) is 0 Å². The second kappa shape index (κ2) is 8.30. The SMILES string of the molecule is C[C@H](NC(=O)NCCc1ccc2c(n1)NCCC2)c1ccc2ccccc2c1. The summed E-state index contributed by atoms with van der Waals surface area (Å²) in [4.78, 5) is 16.9. The number of nitrogens with zero attached hydrogens (tertiary/aromatic N) is 1. The van der Waals surface area contributed by atoms with Gasteiger partial charge in [-0.15, -0.1) is 0 Å². The Labute approximate surface area is 165 Å². The number of fused-ring (bicyclic) bond motifs is 2. The molecule has 1 atom stereocenters. The highest BCUT2D eigenvalue weighted by Gasteiger charge is 2.12. The van der Waals surface area contributed by atoms with Crippen molar-refractivity contribution in [2.75, 3.05) is 18.4 Å². The third-order valence-electron chi connectivity index (χ3n) is 5.24. The standard InChI is InChI=1S/C23H26N4O/c1-16(19-9-8-17-5-2-3-6-20(17)15-19)26-23(28)25-14-12-21-11-10-18-7-4-13-24-22(18)27-21/h2-3,5-6,8-11,15-16H,4,7,12-14H2,1H3,(H,24,27)(H2,25,26,28)/t16-/m0/s1. The molecule has 5 heteroatoms. The average molecular weight is 374 g/mol. The number of urea groups is 1. The third kappa shape index (κ3) is 4.25. The molecule has 0 unspecified atom stereocenters. The Balaban J connectivity index is 1.29. The molecular formula is C23H26N4O. The van der Waals surface area contributed by atoms with E-state index in [2.05, 4.69) is 63.4 Å². The van der Waals surface area contributed by atoms with Crippen LogP contribution in [0.1, 0.15) is 36.2 Å². The van der Waals surface area contributed by atoms with E-state index in [4.69, 9.17) is 0 Å². The summed E-state index contributed by atoms with van der Waals surface area (Å²) >= 11 is 0. The number of anilines is 1. The number of carbonyl (C=O) groups excluding carboxylic acids is 1. The lowest BCUT2D eigenvalue weighted by Crippen LogP contribution is -2.38. The number of carbonyl (C=O) groups is 1. The molecule has 0 spiro atoms. The van der Waals surface area contributed by atoms with Crippen molar-refractivity contribution < 1.29 is 4.79 Å². The molecule has 3 aromatic rings. The predicted octanol–water partition coefficient (Wildman–Crippen LogP) is 4.20. The predicted molar refractivity (Wildman–Crippen MR) is 114 cm³/mol. The first kappa shape index (κ1) is 18.3. The van der Waals surface area contributed by atoms with E-state index in [1.165, 1.54) is 16.3 Å². The number of hydrogen-bond acceptors (Lipinski definition) is 3. The van der Waals surface area contributed by atoms with E-state index >= 15 is 0 Å². The van der Waals surface area contributed by atoms with Crippen LogP contribution >= 0.6 is 0 Å². The van der Waals surface area contributed by atoms with Crippen molar-refractivity contribution in [1.82, 2.24) is 15.6 Å². The smallest absolute Gasteiger partial charge is 0.315 e. The van der Waals surface area contributed by atoms with Crippen LogP contribution in [0.3, 0.4) is 0 Å². The summed E-state index contributed by atoms with van der Waals surface area (Å²) < 4.78 is 0. The lowest BCUT2D eigenvalue weighted by Gasteiger charge is -2.18. The number of benzene rings is 2. The van der Waals surface area contributed by atoms with Crippen LogP contribution in [-0.4, -0.2) is 24.1 Å². The minimum Gasteiger partial charge on any atom is -0.370 e. The molecular weight excluding hydrogens is 348 g/mol. The highest BCUT2D eigenvalue weighted by atomic mass is 16.2. The maximum absolute atomic E-state index is 12.3. The van der Waals surface area contributed by atoms with E-state index in [0.29, 0.717) is 13.0 Å². The zero-order valence-corrected chi connectivity index (χ0v) is 16.2. The van der Waals surface area contributed by atoms with Crippen LogP contribution in [0.15, 0.2) is 54.6 Å². The van der Waals surface area contributed by atoms with E-state index in [1.807, 2.05) is 19.1 Å². The van der Waals surface area contributed by atoms with Crippen molar-refractivity contribution in [3.05, 3.63) is 71.4 Å². The molecule has 0 fully saturated rings. The van der Waals surface area contributed by atoms with E-state index in [9.17, 15) is 4.79 Å². The van der Waals surface area contributed by atoms with E-state index in [0.717, 1.165) is 36.5 Å². The molecule has 1 aliphatic heterocycles. The normalized spacial score (nSPS) is 14.0. The van der Waals surface area contributed by atoms with Crippen LogP contribution in [-0.2, 0) is 12.8 Å². The molecule has 2 amide bonds. The summed E-state index contributed by atoms with van der Waals surface area (Å²) in [7, 11) is 0. The molecule has 144 valence electrons. The highest BCUT2D eigenvalue weighted by Crippen LogP contribution is 2.21. The number of aryl methyl sites for hydroxylation is 1. The topological polar surface area (TPSA) is 66.0 Å². The maximum Gasteiger partial charge on any atom is 0.315 e. The van der Waals surface area contributed by atoms with Crippen molar-refractivity contribution in [3.8, 4) is 0 Å². The van der Waals surface area contributed by atoms with Crippen LogP contribution in [0.2, 0.25) is 0 Å². The summed E-state index contributed by atoms with van der Waals surface area (Å²) in [5.74, 6) is 0.998. The zero-order valence-electron chi connectivity index (χ0n) is 16.2. The fraction of sp³-hybridized carbons (Fsp3) is 0.304. The molecule has 1 aromatic heterocycles. The number of amides is 2. The monoisotopic (exact) mass is 374 g/mol. The van der Waals surface area contributed by atoms with Crippen molar-refractivity contribution in [1.29, 1.82) is 0 Å². The Morgan fingerprint density at radius 2 is 2.00 bits per heavy atom. The molecule has 0 saturated carbocycles. The van der Waals surface area contributed by atoms with Gasteiger partial charge in [-0.1, -0.05) is 42.5 Å². The molecule has 5 nitrogen and oxygen atoms in total. The summed E-state index contributed by atoms with van der Waals surface area (Å²) in [5.41, 5.74) is 3.37. The molecule has 28 heavy (non-hydrogen) atoms. The Kier molecular flexibility index (Phi) is 5.42. The van der Waals surface area contributed by atoms with Crippen LogP contribution in [0.5, 0.6) is 0 Å². The second-order valence-corrected chi connectivity index (χ2v) is 7.32. The summed E-state index contributed by atoms with van der Waals surface area (Å²) in [6, 6.07) is 18.5. The molecule has 2 heterocycles. The van der Waals surface area contributed by atoms with Gasteiger partial charge in [-0.2, -0.15) is 0 Å². The second-order valence-electron chi connectivity index (χ2n) is 7.32. The Morgan fingerprint density at radius 1 is 1.14 bits per heavy atom. The van der Waals surface area contributed by atoms with E-state index in [1.54, 1.807) is 0 Å². The van der Waals surface area contributed by atoms with Crippen LogP contribution in [0, 0.1) is 0 Å². The number of pyridine rings is 1. The maximum atomic E-state index is 12.3. The minimum atomic E-state index is -0.156.